The maximum absolute atomic E-state index is 11.2. The summed E-state index contributed by atoms with van der Waals surface area (Å²) in [4.78, 5) is 13.2. The Labute approximate surface area is 93.9 Å². The number of nitrogen functional groups attached to an aromatic ring is 1. The number of nitrogens with two attached hydrogens (primary N) is 1. The lowest BCUT2D eigenvalue weighted by molar-refractivity contribution is -0.124. The van der Waals surface area contributed by atoms with Gasteiger partial charge in [-0.15, -0.1) is 0 Å². The molecule has 0 radical (unpaired) electrons. The Bertz CT molecular complexity index is 406. The van der Waals surface area contributed by atoms with Gasteiger partial charge in [-0.05, 0) is 18.2 Å². The first-order valence-corrected chi connectivity index (χ1v) is 5.21. The molecule has 0 unspecified atom stereocenters. The minimum atomic E-state index is 0.0228. The van der Waals surface area contributed by atoms with E-state index >= 15 is 0 Å². The molecule has 1 fully saturated rings. The van der Waals surface area contributed by atoms with E-state index < -0.39 is 0 Å². The summed E-state index contributed by atoms with van der Waals surface area (Å²) in [5, 5.41) is 12.4. The number of phenols is 1. The number of piperazine rings is 1. The molecule has 0 aromatic heterocycles. The summed E-state index contributed by atoms with van der Waals surface area (Å²) < 4.78 is 0. The highest BCUT2D eigenvalue weighted by molar-refractivity contribution is 5.78. The maximum Gasteiger partial charge on any atom is 0.234 e. The molecule has 5 heteroatoms. The highest BCUT2D eigenvalue weighted by Gasteiger charge is 2.17. The van der Waals surface area contributed by atoms with Crippen LogP contribution in [0.2, 0.25) is 0 Å². The summed E-state index contributed by atoms with van der Waals surface area (Å²) in [7, 11) is 0. The first kappa shape index (κ1) is 10.8. The predicted octanol–water partition coefficient (Wildman–Crippen LogP) is -0.0938. The van der Waals surface area contributed by atoms with E-state index in [0.717, 1.165) is 12.1 Å². The standard InChI is InChI=1S/C11H15N3O2/c12-9-1-2-10(15)8(5-9)6-14-4-3-13-11(16)7-14/h1-2,5,15H,3-4,6-7,12H2,(H,13,16). The molecule has 1 aromatic rings. The van der Waals surface area contributed by atoms with Crippen LogP contribution < -0.4 is 11.1 Å². The van der Waals surface area contributed by atoms with E-state index in [9.17, 15) is 9.90 Å². The first-order valence-electron chi connectivity index (χ1n) is 5.21. The van der Waals surface area contributed by atoms with Gasteiger partial charge in [-0.25, -0.2) is 0 Å². The Morgan fingerprint density at radius 1 is 1.50 bits per heavy atom. The number of carbonyl (C=O) groups excluding carboxylic acids is 1. The zero-order chi connectivity index (χ0) is 11.5. The number of phenolic OH excluding ortho intramolecular Hbond substituents is 1. The second-order valence-corrected chi connectivity index (χ2v) is 3.95. The van der Waals surface area contributed by atoms with Crippen LogP contribution in [0.3, 0.4) is 0 Å². The van der Waals surface area contributed by atoms with Gasteiger partial charge in [0.2, 0.25) is 5.91 Å². The molecule has 5 nitrogen and oxygen atoms in total. The highest BCUT2D eigenvalue weighted by Crippen LogP contribution is 2.21. The Hall–Kier alpha value is -1.75. The Balaban J connectivity index is 2.08. The van der Waals surface area contributed by atoms with Crippen molar-refractivity contribution in [1.82, 2.24) is 10.2 Å². The first-order chi connectivity index (χ1) is 7.65. The van der Waals surface area contributed by atoms with E-state index in [1.165, 1.54) is 0 Å². The molecule has 16 heavy (non-hydrogen) atoms. The van der Waals surface area contributed by atoms with Gasteiger partial charge in [0.1, 0.15) is 5.75 Å². The van der Waals surface area contributed by atoms with Gasteiger partial charge in [0.05, 0.1) is 6.54 Å². The van der Waals surface area contributed by atoms with Crippen LogP contribution in [0.1, 0.15) is 5.56 Å². The van der Waals surface area contributed by atoms with Gasteiger partial charge in [-0.1, -0.05) is 0 Å². The third kappa shape index (κ3) is 2.43. The van der Waals surface area contributed by atoms with Crippen LogP contribution in [0.5, 0.6) is 5.75 Å². The monoisotopic (exact) mass is 221 g/mol. The summed E-state index contributed by atoms with van der Waals surface area (Å²) in [5.41, 5.74) is 7.03. The molecule has 1 aromatic carbocycles. The van der Waals surface area contributed by atoms with Crippen molar-refractivity contribution < 1.29 is 9.90 Å². The number of benzene rings is 1. The number of amides is 1. The van der Waals surface area contributed by atoms with Crippen LogP contribution in [0.15, 0.2) is 18.2 Å². The van der Waals surface area contributed by atoms with E-state index in [0.29, 0.717) is 25.3 Å². The third-order valence-corrected chi connectivity index (χ3v) is 2.61. The van der Waals surface area contributed by atoms with Crippen molar-refractivity contribution in [3.63, 3.8) is 0 Å². The number of anilines is 1. The molecule has 0 saturated carbocycles. The van der Waals surface area contributed by atoms with E-state index in [1.54, 1.807) is 18.2 Å². The Morgan fingerprint density at radius 2 is 2.31 bits per heavy atom. The van der Waals surface area contributed by atoms with Crippen LogP contribution >= 0.6 is 0 Å². The van der Waals surface area contributed by atoms with Crippen molar-refractivity contribution in [2.75, 3.05) is 25.4 Å². The quantitative estimate of drug-likeness (QED) is 0.481. The second kappa shape index (κ2) is 4.40. The lowest BCUT2D eigenvalue weighted by Crippen LogP contribution is -2.47. The van der Waals surface area contributed by atoms with Gasteiger partial charge in [-0.3, -0.25) is 9.69 Å². The number of hydrogen-bond acceptors (Lipinski definition) is 4. The highest BCUT2D eigenvalue weighted by atomic mass is 16.3. The van der Waals surface area contributed by atoms with Gasteiger partial charge in [-0.2, -0.15) is 0 Å². The number of rotatable bonds is 2. The minimum Gasteiger partial charge on any atom is -0.508 e. The van der Waals surface area contributed by atoms with Crippen molar-refractivity contribution in [3.8, 4) is 5.75 Å². The van der Waals surface area contributed by atoms with Crippen LogP contribution in [-0.4, -0.2) is 35.5 Å². The number of nitrogens with zero attached hydrogens (tertiary/aromatic N) is 1. The third-order valence-electron chi connectivity index (χ3n) is 2.61. The number of carbonyl (C=O) groups is 1. The maximum atomic E-state index is 11.2. The SMILES string of the molecule is Nc1ccc(O)c(CN2CCNC(=O)C2)c1. The molecule has 2 rings (SSSR count). The molecule has 4 N–H and O–H groups in total. The summed E-state index contributed by atoms with van der Waals surface area (Å²) in [6, 6.07) is 4.97. The van der Waals surface area contributed by atoms with Gasteiger partial charge >= 0.3 is 0 Å². The molecular formula is C11H15N3O2. The Morgan fingerprint density at radius 3 is 3.06 bits per heavy atom. The van der Waals surface area contributed by atoms with Crippen molar-refractivity contribution in [1.29, 1.82) is 0 Å². The molecule has 86 valence electrons. The zero-order valence-corrected chi connectivity index (χ0v) is 8.94. The lowest BCUT2D eigenvalue weighted by atomic mass is 10.1. The normalized spacial score (nSPS) is 17.1. The van der Waals surface area contributed by atoms with Gasteiger partial charge < -0.3 is 16.2 Å². The van der Waals surface area contributed by atoms with E-state index in [1.807, 2.05) is 4.90 Å². The van der Waals surface area contributed by atoms with Gasteiger partial charge in [0.15, 0.2) is 0 Å². The fourth-order valence-corrected chi connectivity index (χ4v) is 1.80. The Kier molecular flexibility index (Phi) is 2.96. The molecular weight excluding hydrogens is 206 g/mol. The van der Waals surface area contributed by atoms with Gasteiger partial charge in [0.25, 0.3) is 0 Å². The summed E-state index contributed by atoms with van der Waals surface area (Å²) in [6.07, 6.45) is 0. The molecule has 1 aliphatic rings. The molecule has 1 aliphatic heterocycles. The van der Waals surface area contributed by atoms with Crippen LogP contribution in [-0.2, 0) is 11.3 Å². The van der Waals surface area contributed by atoms with E-state index in [2.05, 4.69) is 5.32 Å². The number of hydrogen-bond donors (Lipinski definition) is 3. The molecule has 1 saturated heterocycles. The number of nitrogens with one attached hydrogen (secondary N) is 1. The molecule has 1 heterocycles. The molecule has 0 bridgehead atoms. The number of aromatic hydroxyl groups is 1. The fourth-order valence-electron chi connectivity index (χ4n) is 1.80. The summed E-state index contributed by atoms with van der Waals surface area (Å²) >= 11 is 0. The smallest absolute Gasteiger partial charge is 0.234 e. The molecule has 0 atom stereocenters. The average Bonchev–Trinajstić information content (AvgIpc) is 2.24. The van der Waals surface area contributed by atoms with E-state index in [4.69, 9.17) is 5.73 Å². The summed E-state index contributed by atoms with van der Waals surface area (Å²) in [5.74, 6) is 0.245. The van der Waals surface area contributed by atoms with Crippen LogP contribution in [0.4, 0.5) is 5.69 Å². The molecule has 1 amide bonds. The largest absolute Gasteiger partial charge is 0.508 e. The van der Waals surface area contributed by atoms with Crippen LogP contribution in [0, 0.1) is 0 Å². The van der Waals surface area contributed by atoms with Crippen molar-refractivity contribution in [2.45, 2.75) is 6.54 Å². The summed E-state index contributed by atoms with van der Waals surface area (Å²) in [6.45, 7) is 2.36. The average molecular weight is 221 g/mol. The van der Waals surface area contributed by atoms with Gasteiger partial charge in [0, 0.05) is 30.9 Å². The predicted molar refractivity (Wildman–Crippen MR) is 60.8 cm³/mol. The van der Waals surface area contributed by atoms with Crippen LogP contribution in [0.25, 0.3) is 0 Å². The van der Waals surface area contributed by atoms with Crippen molar-refractivity contribution in [2.24, 2.45) is 0 Å². The van der Waals surface area contributed by atoms with E-state index in [-0.39, 0.29) is 11.7 Å². The fraction of sp³-hybridized carbons (Fsp3) is 0.364. The van der Waals surface area contributed by atoms with Crippen molar-refractivity contribution in [3.05, 3.63) is 23.8 Å². The lowest BCUT2D eigenvalue weighted by Gasteiger charge is -2.26. The molecule has 0 spiro atoms. The minimum absolute atomic E-state index is 0.0228. The van der Waals surface area contributed by atoms with Crippen molar-refractivity contribution >= 4 is 11.6 Å². The second-order valence-electron chi connectivity index (χ2n) is 3.95. The molecule has 0 aliphatic carbocycles. The topological polar surface area (TPSA) is 78.6 Å². The zero-order valence-electron chi connectivity index (χ0n) is 8.94.